The smallest absolute Gasteiger partial charge is 0.408 e. The molecule has 0 amide bonds. The maximum atomic E-state index is 11.2. The van der Waals surface area contributed by atoms with Crippen LogP contribution in [-0.4, -0.2) is 24.0 Å². The number of aromatic amines is 1. The fraction of sp³-hybridized carbons (Fsp3) is 0.429. The van der Waals surface area contributed by atoms with E-state index in [-0.39, 0.29) is 12.0 Å². The first-order chi connectivity index (χ1) is 9.06. The monoisotopic (exact) mass is 259 g/mol. The standard InChI is InChI=1S/C14H17N3O2/c1-4-9(8-15)13(17(2)3)10-5-6-12-11(7-10)16-14(18)19-12/h5-7,9,13H,4H2,1-3H3,(H,16,18). The van der Waals surface area contributed by atoms with E-state index in [0.29, 0.717) is 11.1 Å². The molecule has 2 atom stereocenters. The van der Waals surface area contributed by atoms with E-state index in [9.17, 15) is 10.1 Å². The molecule has 19 heavy (non-hydrogen) atoms. The zero-order valence-corrected chi connectivity index (χ0v) is 11.3. The van der Waals surface area contributed by atoms with Crippen molar-refractivity contribution in [2.75, 3.05) is 14.1 Å². The minimum absolute atomic E-state index is 0.00204. The number of benzene rings is 1. The summed E-state index contributed by atoms with van der Waals surface area (Å²) in [6.07, 6.45) is 0.777. The largest absolute Gasteiger partial charge is 0.417 e. The van der Waals surface area contributed by atoms with Crippen LogP contribution in [0.15, 0.2) is 27.4 Å². The van der Waals surface area contributed by atoms with Gasteiger partial charge in [-0.2, -0.15) is 5.26 Å². The van der Waals surface area contributed by atoms with E-state index in [2.05, 4.69) is 11.1 Å². The Labute approximate surface area is 111 Å². The number of fused-ring (bicyclic) bond motifs is 1. The van der Waals surface area contributed by atoms with Gasteiger partial charge in [-0.1, -0.05) is 13.0 Å². The van der Waals surface area contributed by atoms with E-state index >= 15 is 0 Å². The van der Waals surface area contributed by atoms with Crippen LogP contribution in [0.1, 0.15) is 24.9 Å². The molecule has 0 bridgehead atoms. The molecule has 1 N–H and O–H groups in total. The van der Waals surface area contributed by atoms with Crippen LogP contribution in [0, 0.1) is 17.2 Å². The van der Waals surface area contributed by atoms with Crippen molar-refractivity contribution in [1.82, 2.24) is 9.88 Å². The summed E-state index contributed by atoms with van der Waals surface area (Å²) in [7, 11) is 3.90. The van der Waals surface area contributed by atoms with Gasteiger partial charge in [0.2, 0.25) is 0 Å². The molecule has 100 valence electrons. The minimum Gasteiger partial charge on any atom is -0.408 e. The Morgan fingerprint density at radius 1 is 1.47 bits per heavy atom. The molecule has 0 aliphatic rings. The maximum absolute atomic E-state index is 11.2. The van der Waals surface area contributed by atoms with Crippen molar-refractivity contribution in [3.05, 3.63) is 34.3 Å². The molecule has 0 radical (unpaired) electrons. The van der Waals surface area contributed by atoms with Gasteiger partial charge in [-0.15, -0.1) is 0 Å². The van der Waals surface area contributed by atoms with Crippen molar-refractivity contribution in [3.8, 4) is 6.07 Å². The predicted octanol–water partition coefficient (Wildman–Crippen LogP) is 2.27. The highest BCUT2D eigenvalue weighted by molar-refractivity contribution is 5.73. The number of nitrogens with zero attached hydrogens (tertiary/aromatic N) is 2. The summed E-state index contributed by atoms with van der Waals surface area (Å²) in [5.74, 6) is -0.549. The molecule has 0 aliphatic carbocycles. The number of nitrogens with one attached hydrogen (secondary N) is 1. The van der Waals surface area contributed by atoms with Crippen molar-refractivity contribution in [2.24, 2.45) is 5.92 Å². The Hall–Kier alpha value is -2.06. The average Bonchev–Trinajstić information content (AvgIpc) is 2.74. The topological polar surface area (TPSA) is 73.0 Å². The van der Waals surface area contributed by atoms with Crippen LogP contribution in [0.2, 0.25) is 0 Å². The molecule has 1 heterocycles. The van der Waals surface area contributed by atoms with Crippen LogP contribution in [0.3, 0.4) is 0 Å². The molecule has 0 fully saturated rings. The Morgan fingerprint density at radius 2 is 2.21 bits per heavy atom. The number of hydrogen-bond donors (Lipinski definition) is 1. The van der Waals surface area contributed by atoms with Crippen LogP contribution in [0.5, 0.6) is 0 Å². The van der Waals surface area contributed by atoms with Gasteiger partial charge in [0.25, 0.3) is 0 Å². The van der Waals surface area contributed by atoms with Crippen molar-refractivity contribution < 1.29 is 4.42 Å². The molecule has 5 heteroatoms. The van der Waals surface area contributed by atoms with Crippen LogP contribution >= 0.6 is 0 Å². The molecule has 0 spiro atoms. The van der Waals surface area contributed by atoms with E-state index in [1.807, 2.05) is 38.1 Å². The second-order valence-corrected chi connectivity index (χ2v) is 4.82. The van der Waals surface area contributed by atoms with Crippen molar-refractivity contribution in [1.29, 1.82) is 5.26 Å². The molecular formula is C14H17N3O2. The predicted molar refractivity (Wildman–Crippen MR) is 72.7 cm³/mol. The van der Waals surface area contributed by atoms with E-state index in [4.69, 9.17) is 4.42 Å². The molecule has 0 aliphatic heterocycles. The highest BCUT2D eigenvalue weighted by Gasteiger charge is 2.24. The first-order valence-corrected chi connectivity index (χ1v) is 6.25. The SMILES string of the molecule is CCC(C#N)C(c1ccc2oc(=O)[nH]c2c1)N(C)C. The number of hydrogen-bond acceptors (Lipinski definition) is 4. The molecule has 2 rings (SSSR count). The third kappa shape index (κ3) is 2.54. The van der Waals surface area contributed by atoms with E-state index in [0.717, 1.165) is 12.0 Å². The van der Waals surface area contributed by atoms with Gasteiger partial charge in [0.05, 0.1) is 23.5 Å². The van der Waals surface area contributed by atoms with Crippen LogP contribution in [-0.2, 0) is 0 Å². The molecule has 2 aromatic rings. The number of rotatable bonds is 4. The van der Waals surface area contributed by atoms with Crippen LogP contribution in [0.4, 0.5) is 0 Å². The lowest BCUT2D eigenvalue weighted by atomic mass is 9.91. The molecule has 1 aromatic carbocycles. The van der Waals surface area contributed by atoms with Gasteiger partial charge >= 0.3 is 5.76 Å². The first-order valence-electron chi connectivity index (χ1n) is 6.25. The number of oxazole rings is 1. The summed E-state index contributed by atoms with van der Waals surface area (Å²) < 4.78 is 4.99. The number of nitriles is 1. The Bertz CT molecular complexity index is 663. The maximum Gasteiger partial charge on any atom is 0.417 e. The summed E-state index contributed by atoms with van der Waals surface area (Å²) >= 11 is 0. The van der Waals surface area contributed by atoms with E-state index in [1.165, 1.54) is 0 Å². The van der Waals surface area contributed by atoms with E-state index < -0.39 is 5.76 Å². The number of H-pyrrole nitrogens is 1. The molecular weight excluding hydrogens is 242 g/mol. The van der Waals surface area contributed by atoms with Gasteiger partial charge in [0.15, 0.2) is 5.58 Å². The second kappa shape index (κ2) is 5.29. The van der Waals surface area contributed by atoms with Gasteiger partial charge < -0.3 is 9.32 Å². The normalized spacial score (nSPS) is 14.5. The fourth-order valence-corrected chi connectivity index (χ4v) is 2.43. The number of aromatic nitrogens is 1. The summed E-state index contributed by atoms with van der Waals surface area (Å²) in [5.41, 5.74) is 2.21. The Kier molecular flexibility index (Phi) is 3.72. The first kappa shape index (κ1) is 13.4. The van der Waals surface area contributed by atoms with Gasteiger partial charge in [-0.3, -0.25) is 4.98 Å². The third-order valence-corrected chi connectivity index (χ3v) is 3.33. The van der Waals surface area contributed by atoms with Gasteiger partial charge in [-0.05, 0) is 38.2 Å². The second-order valence-electron chi connectivity index (χ2n) is 4.82. The molecule has 1 aromatic heterocycles. The highest BCUT2D eigenvalue weighted by Crippen LogP contribution is 2.30. The molecule has 2 unspecified atom stereocenters. The third-order valence-electron chi connectivity index (χ3n) is 3.33. The lowest BCUT2D eigenvalue weighted by Crippen LogP contribution is -2.26. The zero-order chi connectivity index (χ0) is 14.0. The van der Waals surface area contributed by atoms with Crippen LogP contribution < -0.4 is 5.76 Å². The lowest BCUT2D eigenvalue weighted by molar-refractivity contribution is 0.241. The van der Waals surface area contributed by atoms with Crippen molar-refractivity contribution in [3.63, 3.8) is 0 Å². The fourth-order valence-electron chi connectivity index (χ4n) is 2.43. The molecule has 0 saturated carbocycles. The van der Waals surface area contributed by atoms with Crippen molar-refractivity contribution in [2.45, 2.75) is 19.4 Å². The Balaban J connectivity index is 2.50. The van der Waals surface area contributed by atoms with Gasteiger partial charge in [-0.25, -0.2) is 4.79 Å². The van der Waals surface area contributed by atoms with Crippen LogP contribution in [0.25, 0.3) is 11.1 Å². The quantitative estimate of drug-likeness (QED) is 0.914. The van der Waals surface area contributed by atoms with Gasteiger partial charge in [0.1, 0.15) is 0 Å². The highest BCUT2D eigenvalue weighted by atomic mass is 16.4. The summed E-state index contributed by atoms with van der Waals surface area (Å²) in [4.78, 5) is 15.8. The van der Waals surface area contributed by atoms with Crippen molar-refractivity contribution >= 4 is 11.1 Å². The summed E-state index contributed by atoms with van der Waals surface area (Å²) in [6.45, 7) is 2.00. The lowest BCUT2D eigenvalue weighted by Gasteiger charge is -2.28. The zero-order valence-electron chi connectivity index (χ0n) is 11.3. The summed E-state index contributed by atoms with van der Waals surface area (Å²) in [6, 6.07) is 7.90. The Morgan fingerprint density at radius 3 is 2.79 bits per heavy atom. The molecule has 5 nitrogen and oxygen atoms in total. The summed E-state index contributed by atoms with van der Waals surface area (Å²) in [5, 5.41) is 9.27. The average molecular weight is 259 g/mol. The molecule has 0 saturated heterocycles. The minimum atomic E-state index is -0.458. The van der Waals surface area contributed by atoms with E-state index in [1.54, 1.807) is 6.07 Å². The van der Waals surface area contributed by atoms with Gasteiger partial charge in [0, 0.05) is 0 Å².